The first-order valence-corrected chi connectivity index (χ1v) is 7.28. The quantitative estimate of drug-likeness (QED) is 0.829. The highest BCUT2D eigenvalue weighted by molar-refractivity contribution is 5.80. The molecule has 1 aromatic carbocycles. The SMILES string of the molecule is COc1ccccc1CC(=O)N(CCCO)C1CCC1. The molecule has 0 unspecified atom stereocenters. The van der Waals surface area contributed by atoms with E-state index in [1.165, 1.54) is 6.42 Å². The molecule has 1 N–H and O–H groups in total. The maximum absolute atomic E-state index is 12.5. The van der Waals surface area contributed by atoms with E-state index < -0.39 is 0 Å². The standard InChI is InChI=1S/C16H23NO3/c1-20-15-9-3-2-6-13(15)12-16(19)17(10-5-11-18)14-7-4-8-14/h2-3,6,9,14,18H,4-5,7-8,10-12H2,1H3. The van der Waals surface area contributed by atoms with Crippen LogP contribution in [0.3, 0.4) is 0 Å². The summed E-state index contributed by atoms with van der Waals surface area (Å²) in [7, 11) is 1.62. The number of carbonyl (C=O) groups is 1. The van der Waals surface area contributed by atoms with Gasteiger partial charge in [-0.2, -0.15) is 0 Å². The maximum Gasteiger partial charge on any atom is 0.227 e. The van der Waals surface area contributed by atoms with Gasteiger partial charge in [0.05, 0.1) is 13.5 Å². The Hall–Kier alpha value is -1.55. The number of carbonyl (C=O) groups excluding carboxylic acids is 1. The zero-order chi connectivity index (χ0) is 14.4. The van der Waals surface area contributed by atoms with Gasteiger partial charge in [-0.25, -0.2) is 0 Å². The van der Waals surface area contributed by atoms with Crippen LogP contribution >= 0.6 is 0 Å². The Labute approximate surface area is 120 Å². The van der Waals surface area contributed by atoms with Gasteiger partial charge in [0.1, 0.15) is 5.75 Å². The summed E-state index contributed by atoms with van der Waals surface area (Å²) in [5.74, 6) is 0.893. The normalized spacial score (nSPS) is 14.7. The Morgan fingerprint density at radius 2 is 2.15 bits per heavy atom. The Kier molecular flexibility index (Phi) is 5.41. The van der Waals surface area contributed by atoms with Crippen LogP contribution in [-0.4, -0.2) is 42.2 Å². The first-order chi connectivity index (χ1) is 9.76. The van der Waals surface area contributed by atoms with Crippen molar-refractivity contribution in [1.29, 1.82) is 0 Å². The van der Waals surface area contributed by atoms with E-state index in [-0.39, 0.29) is 12.5 Å². The second-order valence-corrected chi connectivity index (χ2v) is 5.24. The van der Waals surface area contributed by atoms with Crippen molar-refractivity contribution < 1.29 is 14.6 Å². The predicted molar refractivity (Wildman–Crippen MR) is 77.8 cm³/mol. The monoisotopic (exact) mass is 277 g/mol. The largest absolute Gasteiger partial charge is 0.496 e. The van der Waals surface area contributed by atoms with Gasteiger partial charge >= 0.3 is 0 Å². The van der Waals surface area contributed by atoms with E-state index >= 15 is 0 Å². The smallest absolute Gasteiger partial charge is 0.227 e. The zero-order valence-corrected chi connectivity index (χ0v) is 12.0. The van der Waals surface area contributed by atoms with Gasteiger partial charge in [0.2, 0.25) is 5.91 Å². The van der Waals surface area contributed by atoms with E-state index in [1.54, 1.807) is 7.11 Å². The molecule has 0 bridgehead atoms. The summed E-state index contributed by atoms with van der Waals surface area (Å²) in [6.07, 6.45) is 4.38. The van der Waals surface area contributed by atoms with Gasteiger partial charge in [-0.05, 0) is 31.7 Å². The molecule has 20 heavy (non-hydrogen) atoms. The van der Waals surface area contributed by atoms with Crippen LogP contribution < -0.4 is 4.74 Å². The summed E-state index contributed by atoms with van der Waals surface area (Å²) in [6, 6.07) is 8.00. The van der Waals surface area contributed by atoms with E-state index in [9.17, 15) is 4.79 Å². The molecule has 0 saturated heterocycles. The van der Waals surface area contributed by atoms with E-state index in [1.807, 2.05) is 29.2 Å². The Morgan fingerprint density at radius 3 is 2.75 bits per heavy atom. The number of methoxy groups -OCH3 is 1. The van der Waals surface area contributed by atoms with E-state index in [0.29, 0.717) is 25.4 Å². The summed E-state index contributed by atoms with van der Waals surface area (Å²) < 4.78 is 5.30. The van der Waals surface area contributed by atoms with Gasteiger partial charge in [0.25, 0.3) is 0 Å². The summed E-state index contributed by atoms with van der Waals surface area (Å²) in [4.78, 5) is 14.4. The highest BCUT2D eigenvalue weighted by atomic mass is 16.5. The molecular formula is C16H23NO3. The molecule has 0 radical (unpaired) electrons. The van der Waals surface area contributed by atoms with Crippen LogP contribution in [0.4, 0.5) is 0 Å². The molecule has 1 amide bonds. The van der Waals surface area contributed by atoms with Gasteiger partial charge in [-0.15, -0.1) is 0 Å². The van der Waals surface area contributed by atoms with Crippen molar-refractivity contribution in [3.63, 3.8) is 0 Å². The maximum atomic E-state index is 12.5. The lowest BCUT2D eigenvalue weighted by Gasteiger charge is -2.37. The number of ether oxygens (including phenoxy) is 1. The minimum Gasteiger partial charge on any atom is -0.496 e. The van der Waals surface area contributed by atoms with Crippen LogP contribution in [-0.2, 0) is 11.2 Å². The number of aliphatic hydroxyl groups excluding tert-OH is 1. The third-order valence-electron chi connectivity index (χ3n) is 3.93. The highest BCUT2D eigenvalue weighted by Gasteiger charge is 2.28. The number of amides is 1. The first kappa shape index (κ1) is 14.9. The topological polar surface area (TPSA) is 49.8 Å². The minimum atomic E-state index is 0.130. The van der Waals surface area contributed by atoms with Gasteiger partial charge < -0.3 is 14.7 Å². The van der Waals surface area contributed by atoms with Crippen LogP contribution in [0.5, 0.6) is 5.75 Å². The molecule has 0 heterocycles. The summed E-state index contributed by atoms with van der Waals surface area (Å²) in [5, 5.41) is 8.98. The second kappa shape index (κ2) is 7.29. The molecule has 4 nitrogen and oxygen atoms in total. The Morgan fingerprint density at radius 1 is 1.40 bits per heavy atom. The Balaban J connectivity index is 2.03. The second-order valence-electron chi connectivity index (χ2n) is 5.24. The number of para-hydroxylation sites is 1. The van der Waals surface area contributed by atoms with Crippen molar-refractivity contribution in [3.8, 4) is 5.75 Å². The lowest BCUT2D eigenvalue weighted by Crippen LogP contribution is -2.45. The number of benzene rings is 1. The summed E-state index contributed by atoms with van der Waals surface area (Å²) >= 11 is 0. The first-order valence-electron chi connectivity index (χ1n) is 7.28. The molecule has 1 saturated carbocycles. The van der Waals surface area contributed by atoms with Gasteiger partial charge in [0.15, 0.2) is 0 Å². The van der Waals surface area contributed by atoms with Crippen LogP contribution in [0, 0.1) is 0 Å². The van der Waals surface area contributed by atoms with Crippen molar-refractivity contribution >= 4 is 5.91 Å². The molecule has 110 valence electrons. The van der Waals surface area contributed by atoms with Crippen molar-refractivity contribution in [3.05, 3.63) is 29.8 Å². The molecule has 0 spiro atoms. The molecule has 0 aliphatic heterocycles. The Bertz CT molecular complexity index is 443. The average Bonchev–Trinajstić information content (AvgIpc) is 2.41. The number of hydrogen-bond donors (Lipinski definition) is 1. The lowest BCUT2D eigenvalue weighted by molar-refractivity contribution is -0.134. The fourth-order valence-corrected chi connectivity index (χ4v) is 2.56. The number of hydrogen-bond acceptors (Lipinski definition) is 3. The lowest BCUT2D eigenvalue weighted by atomic mass is 9.91. The number of aliphatic hydroxyl groups is 1. The van der Waals surface area contributed by atoms with Crippen LogP contribution in [0.15, 0.2) is 24.3 Å². The molecule has 1 aromatic rings. The molecule has 4 heteroatoms. The van der Waals surface area contributed by atoms with Crippen LogP contribution in [0.25, 0.3) is 0 Å². The number of nitrogens with zero attached hydrogens (tertiary/aromatic N) is 1. The predicted octanol–water partition coefficient (Wildman–Crippen LogP) is 2.00. The zero-order valence-electron chi connectivity index (χ0n) is 12.0. The van der Waals surface area contributed by atoms with Gasteiger partial charge in [-0.3, -0.25) is 4.79 Å². The molecule has 0 atom stereocenters. The fourth-order valence-electron chi connectivity index (χ4n) is 2.56. The van der Waals surface area contributed by atoms with E-state index in [4.69, 9.17) is 9.84 Å². The summed E-state index contributed by atoms with van der Waals surface area (Å²) in [6.45, 7) is 0.778. The number of rotatable bonds is 7. The molecule has 1 aliphatic rings. The van der Waals surface area contributed by atoms with Crippen LogP contribution in [0.1, 0.15) is 31.2 Å². The van der Waals surface area contributed by atoms with Gasteiger partial charge in [-0.1, -0.05) is 18.2 Å². The van der Waals surface area contributed by atoms with Crippen molar-refractivity contribution in [2.24, 2.45) is 0 Å². The van der Waals surface area contributed by atoms with Crippen molar-refractivity contribution in [2.45, 2.75) is 38.1 Å². The van der Waals surface area contributed by atoms with E-state index in [2.05, 4.69) is 0 Å². The molecule has 1 fully saturated rings. The van der Waals surface area contributed by atoms with Crippen LogP contribution in [0.2, 0.25) is 0 Å². The minimum absolute atomic E-state index is 0.130. The highest BCUT2D eigenvalue weighted by Crippen LogP contribution is 2.26. The molecule has 1 aliphatic carbocycles. The third kappa shape index (κ3) is 3.51. The molecule has 0 aromatic heterocycles. The molecule has 2 rings (SSSR count). The molecular weight excluding hydrogens is 254 g/mol. The summed E-state index contributed by atoms with van der Waals surface area (Å²) in [5.41, 5.74) is 0.924. The van der Waals surface area contributed by atoms with E-state index in [0.717, 1.165) is 24.2 Å². The fraction of sp³-hybridized carbons (Fsp3) is 0.562. The van der Waals surface area contributed by atoms with Gasteiger partial charge in [0, 0.05) is 24.8 Å². The van der Waals surface area contributed by atoms with Crippen molar-refractivity contribution in [1.82, 2.24) is 4.90 Å². The average molecular weight is 277 g/mol. The van der Waals surface area contributed by atoms with Crippen molar-refractivity contribution in [2.75, 3.05) is 20.3 Å². The third-order valence-corrected chi connectivity index (χ3v) is 3.93.